The highest BCUT2D eigenvalue weighted by Gasteiger charge is 2.31. The Kier molecular flexibility index (Phi) is 3.54. The van der Waals surface area contributed by atoms with Crippen LogP contribution in [0.25, 0.3) is 16.7 Å². The van der Waals surface area contributed by atoms with Gasteiger partial charge in [-0.2, -0.15) is 13.2 Å². The van der Waals surface area contributed by atoms with Gasteiger partial charge in [0.1, 0.15) is 0 Å². The van der Waals surface area contributed by atoms with E-state index in [1.807, 2.05) is 0 Å². The average Bonchev–Trinajstić information content (AvgIpc) is 3.22. The lowest BCUT2D eigenvalue weighted by molar-refractivity contribution is -0.137. The van der Waals surface area contributed by atoms with E-state index in [2.05, 4.69) is 15.0 Å². The van der Waals surface area contributed by atoms with Crippen molar-refractivity contribution >= 4 is 22.6 Å². The van der Waals surface area contributed by atoms with Crippen molar-refractivity contribution in [1.29, 1.82) is 0 Å². The summed E-state index contributed by atoms with van der Waals surface area (Å²) >= 11 is 0. The predicted molar refractivity (Wildman–Crippen MR) is 86.6 cm³/mol. The van der Waals surface area contributed by atoms with Crippen LogP contribution in [0.5, 0.6) is 0 Å². The zero-order valence-electron chi connectivity index (χ0n) is 13.4. The molecule has 11 heteroatoms. The number of alkyl halides is 3. The van der Waals surface area contributed by atoms with Crippen LogP contribution in [0.1, 0.15) is 21.7 Å². The molecule has 0 aliphatic heterocycles. The number of aromatic amines is 1. The molecule has 27 heavy (non-hydrogen) atoms. The van der Waals surface area contributed by atoms with E-state index in [0.717, 1.165) is 12.1 Å². The summed E-state index contributed by atoms with van der Waals surface area (Å²) in [5.74, 6) is -1.35. The zero-order valence-corrected chi connectivity index (χ0v) is 13.4. The van der Waals surface area contributed by atoms with Gasteiger partial charge in [0, 0.05) is 12.4 Å². The van der Waals surface area contributed by atoms with Gasteiger partial charge in [0.25, 0.3) is 5.56 Å². The number of halogens is 3. The Bertz CT molecular complexity index is 1240. The first-order valence-corrected chi connectivity index (χ1v) is 7.59. The molecule has 138 valence electrons. The van der Waals surface area contributed by atoms with Gasteiger partial charge < -0.3 is 14.7 Å². The number of rotatable bonds is 3. The van der Waals surface area contributed by atoms with E-state index >= 15 is 0 Å². The van der Waals surface area contributed by atoms with Crippen LogP contribution >= 0.6 is 0 Å². The van der Waals surface area contributed by atoms with E-state index in [-0.39, 0.29) is 34.6 Å². The fraction of sp³-hybridized carbons (Fsp3) is 0.125. The van der Waals surface area contributed by atoms with Crippen molar-refractivity contribution in [3.8, 4) is 0 Å². The number of hydrogen-bond donors (Lipinski definition) is 2. The van der Waals surface area contributed by atoms with Crippen LogP contribution in [0.2, 0.25) is 0 Å². The van der Waals surface area contributed by atoms with Gasteiger partial charge in [-0.15, -0.1) is 0 Å². The predicted octanol–water partition coefficient (Wildman–Crippen LogP) is 2.14. The molecule has 0 aliphatic carbocycles. The molecule has 0 unspecified atom stereocenters. The van der Waals surface area contributed by atoms with E-state index in [1.54, 1.807) is 10.8 Å². The number of aromatic carboxylic acids is 1. The molecule has 3 heterocycles. The number of carbonyl (C=O) groups is 1. The number of carboxylic acid groups (broad SMARTS) is 1. The Morgan fingerprint density at radius 2 is 2.07 bits per heavy atom. The van der Waals surface area contributed by atoms with Crippen LogP contribution in [0, 0.1) is 0 Å². The third-order valence-electron chi connectivity index (χ3n) is 4.08. The number of carboxylic acids is 1. The second-order valence-electron chi connectivity index (χ2n) is 5.79. The monoisotopic (exact) mass is 377 g/mol. The number of H-pyrrole nitrogens is 1. The topological polar surface area (TPSA) is 105 Å². The SMILES string of the molecule is O=C(O)c1nc2c(=O)[nH]c3cc(C(F)(F)F)ccc3n2c1Cn1ccnc1. The number of hydrogen-bond acceptors (Lipinski definition) is 4. The molecule has 0 spiro atoms. The Morgan fingerprint density at radius 1 is 1.30 bits per heavy atom. The lowest BCUT2D eigenvalue weighted by Crippen LogP contribution is -2.14. The molecule has 0 radical (unpaired) electrons. The van der Waals surface area contributed by atoms with Gasteiger partial charge in [-0.25, -0.2) is 14.8 Å². The van der Waals surface area contributed by atoms with Crippen molar-refractivity contribution in [1.82, 2.24) is 23.9 Å². The quantitative estimate of drug-likeness (QED) is 0.569. The van der Waals surface area contributed by atoms with Gasteiger partial charge >= 0.3 is 12.1 Å². The molecule has 0 fully saturated rings. The van der Waals surface area contributed by atoms with E-state index in [1.165, 1.54) is 23.0 Å². The van der Waals surface area contributed by atoms with E-state index in [0.29, 0.717) is 0 Å². The average molecular weight is 377 g/mol. The Hall–Kier alpha value is -3.63. The number of fused-ring (bicyclic) bond motifs is 3. The standard InChI is InChI=1S/C16H10F3N5O3/c17-16(18,19)8-1-2-10-9(5-8)21-14(25)13-22-12(15(26)27)11(24(10)13)6-23-4-3-20-7-23/h1-5,7H,6H2,(H,21,25)(H,26,27). The molecular weight excluding hydrogens is 367 g/mol. The van der Waals surface area contributed by atoms with Crippen LogP contribution in [-0.2, 0) is 12.7 Å². The second-order valence-corrected chi connectivity index (χ2v) is 5.79. The molecule has 0 atom stereocenters. The Balaban J connectivity index is 2.08. The first-order valence-electron chi connectivity index (χ1n) is 7.59. The molecule has 3 aromatic heterocycles. The summed E-state index contributed by atoms with van der Waals surface area (Å²) in [5, 5.41) is 9.45. The van der Waals surface area contributed by atoms with Crippen molar-refractivity contribution in [3.63, 3.8) is 0 Å². The molecule has 0 amide bonds. The van der Waals surface area contributed by atoms with Crippen LogP contribution in [-0.4, -0.2) is 35.0 Å². The molecule has 0 bridgehead atoms. The fourth-order valence-corrected chi connectivity index (χ4v) is 2.92. The van der Waals surface area contributed by atoms with Crippen LogP contribution in [0.4, 0.5) is 13.2 Å². The van der Waals surface area contributed by atoms with Gasteiger partial charge in [0.15, 0.2) is 5.69 Å². The molecular formula is C16H10F3N5O3. The van der Waals surface area contributed by atoms with Crippen molar-refractivity contribution in [2.45, 2.75) is 12.7 Å². The lowest BCUT2D eigenvalue weighted by atomic mass is 10.2. The molecule has 1 aromatic carbocycles. The Labute approximate surface area is 147 Å². The number of imidazole rings is 2. The lowest BCUT2D eigenvalue weighted by Gasteiger charge is -2.10. The Morgan fingerprint density at radius 3 is 2.70 bits per heavy atom. The minimum Gasteiger partial charge on any atom is -0.476 e. The fourth-order valence-electron chi connectivity index (χ4n) is 2.92. The second kappa shape index (κ2) is 5.69. The number of benzene rings is 1. The minimum absolute atomic E-state index is 0.0162. The highest BCUT2D eigenvalue weighted by Crippen LogP contribution is 2.31. The van der Waals surface area contributed by atoms with Gasteiger partial charge in [-0.3, -0.25) is 9.20 Å². The molecule has 4 rings (SSSR count). The van der Waals surface area contributed by atoms with E-state index < -0.39 is 23.3 Å². The van der Waals surface area contributed by atoms with Crippen LogP contribution < -0.4 is 5.56 Å². The maximum Gasteiger partial charge on any atom is 0.416 e. The number of nitrogens with zero attached hydrogens (tertiary/aromatic N) is 4. The molecule has 0 saturated heterocycles. The number of aromatic nitrogens is 5. The van der Waals surface area contributed by atoms with Crippen molar-refractivity contribution in [2.24, 2.45) is 0 Å². The van der Waals surface area contributed by atoms with Gasteiger partial charge in [-0.1, -0.05) is 0 Å². The minimum atomic E-state index is -4.58. The van der Waals surface area contributed by atoms with E-state index in [9.17, 15) is 27.9 Å². The zero-order chi connectivity index (χ0) is 19.3. The molecule has 2 N–H and O–H groups in total. The van der Waals surface area contributed by atoms with E-state index in [4.69, 9.17) is 0 Å². The molecule has 4 aromatic rings. The van der Waals surface area contributed by atoms with Gasteiger partial charge in [0.2, 0.25) is 5.65 Å². The maximum absolute atomic E-state index is 13.0. The van der Waals surface area contributed by atoms with Crippen molar-refractivity contribution in [2.75, 3.05) is 0 Å². The van der Waals surface area contributed by atoms with Crippen LogP contribution in [0.3, 0.4) is 0 Å². The van der Waals surface area contributed by atoms with Crippen molar-refractivity contribution < 1.29 is 23.1 Å². The number of nitrogens with one attached hydrogen (secondary N) is 1. The van der Waals surface area contributed by atoms with Gasteiger partial charge in [-0.05, 0) is 18.2 Å². The first kappa shape index (κ1) is 16.8. The molecule has 0 aliphatic rings. The summed E-state index contributed by atoms with van der Waals surface area (Å²) in [6.45, 7) is 0.0162. The van der Waals surface area contributed by atoms with Crippen molar-refractivity contribution in [3.05, 3.63) is 64.2 Å². The van der Waals surface area contributed by atoms with Crippen LogP contribution in [0.15, 0.2) is 41.7 Å². The summed E-state index contributed by atoms with van der Waals surface area (Å²) in [4.78, 5) is 34.0. The van der Waals surface area contributed by atoms with Gasteiger partial charge in [0.05, 0.1) is 35.2 Å². The third-order valence-corrected chi connectivity index (χ3v) is 4.08. The molecule has 8 nitrogen and oxygen atoms in total. The summed E-state index contributed by atoms with van der Waals surface area (Å²) in [6.07, 6.45) is -0.0602. The highest BCUT2D eigenvalue weighted by molar-refractivity contribution is 5.89. The smallest absolute Gasteiger partial charge is 0.416 e. The summed E-state index contributed by atoms with van der Waals surface area (Å²) < 4.78 is 41.7. The first-order chi connectivity index (χ1) is 12.8. The molecule has 0 saturated carbocycles. The summed E-state index contributed by atoms with van der Waals surface area (Å²) in [7, 11) is 0. The summed E-state index contributed by atoms with van der Waals surface area (Å²) in [6, 6.07) is 2.84. The summed E-state index contributed by atoms with van der Waals surface area (Å²) in [5.41, 5.74) is -2.03. The highest BCUT2D eigenvalue weighted by atomic mass is 19.4. The third kappa shape index (κ3) is 2.72. The maximum atomic E-state index is 13.0. The largest absolute Gasteiger partial charge is 0.476 e. The normalized spacial score (nSPS) is 12.1.